The number of carbonyl (C=O) groups is 3. The molecule has 1 aliphatic carbocycles. The summed E-state index contributed by atoms with van der Waals surface area (Å²) in [5.41, 5.74) is 6.46. The van der Waals surface area contributed by atoms with Gasteiger partial charge < -0.3 is 20.1 Å². The van der Waals surface area contributed by atoms with Crippen LogP contribution in [-0.2, 0) is 17.9 Å². The molecule has 2 atom stereocenters. The summed E-state index contributed by atoms with van der Waals surface area (Å²) in [5, 5.41) is 0.383. The standard InChI is InChI=1S/C35H33BrClFN4O6/c1-19(26-11-10-25(17-29(26)38)47-20(2)33(39)44)15-31(43)32-30-18-40(34(45)21-3-12-27(36)28(37)16-21)13-14-41(30)35(46)42(32)22-4-6-23(7-5-22)48-24-8-9-24/h3-7,10-12,16-17,19-20,24H,8-9,13-15,18H2,1-2H3,(H2,39,44)/t19-,20+/m0/s1. The lowest BCUT2D eigenvalue weighted by atomic mass is 9.93. The van der Waals surface area contributed by atoms with Gasteiger partial charge in [-0.2, -0.15) is 0 Å². The first kappa shape index (κ1) is 33.5. The van der Waals surface area contributed by atoms with Crippen LogP contribution in [0.2, 0.25) is 5.02 Å². The smallest absolute Gasteiger partial charge is 0.333 e. The second kappa shape index (κ2) is 13.6. The van der Waals surface area contributed by atoms with Crippen LogP contribution in [0.3, 0.4) is 0 Å². The molecule has 0 spiro atoms. The Hall–Kier alpha value is -4.42. The zero-order valence-electron chi connectivity index (χ0n) is 26.3. The number of Topliss-reactive ketones (excluding diaryl/α,β-unsaturated/α-hetero) is 1. The van der Waals surface area contributed by atoms with E-state index in [0.29, 0.717) is 32.2 Å². The van der Waals surface area contributed by atoms with Gasteiger partial charge in [0.15, 0.2) is 11.9 Å². The predicted molar refractivity (Wildman–Crippen MR) is 181 cm³/mol. The number of rotatable bonds is 11. The summed E-state index contributed by atoms with van der Waals surface area (Å²) in [7, 11) is 0. The Bertz CT molecular complexity index is 1970. The first-order chi connectivity index (χ1) is 22.9. The Morgan fingerprint density at radius 1 is 1.02 bits per heavy atom. The molecular formula is C35H33BrClFN4O6. The minimum atomic E-state index is -0.950. The quantitative estimate of drug-likeness (QED) is 0.188. The number of aromatic nitrogens is 2. The molecule has 2 heterocycles. The summed E-state index contributed by atoms with van der Waals surface area (Å²) >= 11 is 9.60. The Labute approximate surface area is 289 Å². The number of nitrogens with two attached hydrogens (primary N) is 1. The number of benzene rings is 3. The van der Waals surface area contributed by atoms with Gasteiger partial charge in [-0.05, 0) is 95.7 Å². The Morgan fingerprint density at radius 3 is 2.38 bits per heavy atom. The normalized spacial score (nSPS) is 15.4. The highest BCUT2D eigenvalue weighted by atomic mass is 79.9. The van der Waals surface area contributed by atoms with Crippen molar-refractivity contribution < 1.29 is 28.2 Å². The number of primary amides is 1. The number of amides is 2. The Morgan fingerprint density at radius 2 is 1.73 bits per heavy atom. The lowest BCUT2D eigenvalue weighted by Crippen LogP contribution is -2.41. The molecule has 1 saturated carbocycles. The molecule has 1 fully saturated rings. The van der Waals surface area contributed by atoms with Crippen LogP contribution in [0.5, 0.6) is 11.5 Å². The summed E-state index contributed by atoms with van der Waals surface area (Å²) in [6.07, 6.45) is 1.10. The summed E-state index contributed by atoms with van der Waals surface area (Å²) < 4.78 is 30.1. The maximum absolute atomic E-state index is 15.3. The lowest BCUT2D eigenvalue weighted by molar-refractivity contribution is -0.124. The molecule has 6 rings (SSSR count). The molecule has 48 heavy (non-hydrogen) atoms. The fraction of sp³-hybridized carbons (Fsp3) is 0.314. The maximum Gasteiger partial charge on any atom is 0.333 e. The Kier molecular flexibility index (Phi) is 9.48. The van der Waals surface area contributed by atoms with Gasteiger partial charge in [0.05, 0.1) is 29.1 Å². The van der Waals surface area contributed by atoms with Crippen LogP contribution in [-0.4, -0.2) is 50.4 Å². The zero-order valence-corrected chi connectivity index (χ0v) is 28.6. The number of ketones is 1. The van der Waals surface area contributed by atoms with Crippen LogP contribution in [0.25, 0.3) is 5.69 Å². The average Bonchev–Trinajstić information content (AvgIpc) is 3.83. The van der Waals surface area contributed by atoms with Gasteiger partial charge >= 0.3 is 5.69 Å². The molecule has 1 aliphatic heterocycles. The van der Waals surface area contributed by atoms with Crippen molar-refractivity contribution in [1.29, 1.82) is 0 Å². The lowest BCUT2D eigenvalue weighted by Gasteiger charge is -2.28. The van der Waals surface area contributed by atoms with E-state index in [1.807, 2.05) is 0 Å². The van der Waals surface area contributed by atoms with Gasteiger partial charge in [-0.25, -0.2) is 9.18 Å². The molecule has 0 radical (unpaired) electrons. The highest BCUT2D eigenvalue weighted by Gasteiger charge is 2.33. The predicted octanol–water partition coefficient (Wildman–Crippen LogP) is 6.02. The van der Waals surface area contributed by atoms with Crippen LogP contribution < -0.4 is 20.9 Å². The van der Waals surface area contributed by atoms with Crippen LogP contribution in [0.1, 0.15) is 71.1 Å². The third-order valence-electron chi connectivity index (χ3n) is 8.53. The first-order valence-electron chi connectivity index (χ1n) is 15.6. The van der Waals surface area contributed by atoms with E-state index in [1.54, 1.807) is 54.3 Å². The molecule has 2 amide bonds. The van der Waals surface area contributed by atoms with Crippen molar-refractivity contribution in [3.05, 3.63) is 109 Å². The molecule has 2 aliphatic rings. The minimum Gasteiger partial charge on any atom is -0.490 e. The van der Waals surface area contributed by atoms with Gasteiger partial charge in [0.25, 0.3) is 11.8 Å². The number of carbonyl (C=O) groups excluding carboxylic acids is 3. The molecule has 3 aromatic carbocycles. The zero-order chi connectivity index (χ0) is 34.3. The SMILES string of the molecule is C[C@@H](Oc1ccc([C@@H](C)CC(=O)c2c3n(c(=O)n2-c2ccc(OC4CC4)cc2)CCN(C(=O)c2ccc(Br)c(Cl)c2)C3)c(F)c1)C(N)=O. The van der Waals surface area contributed by atoms with Crippen LogP contribution in [0, 0.1) is 5.82 Å². The van der Waals surface area contributed by atoms with Crippen molar-refractivity contribution in [3.63, 3.8) is 0 Å². The third kappa shape index (κ3) is 6.91. The van der Waals surface area contributed by atoms with Crippen LogP contribution in [0.4, 0.5) is 4.39 Å². The van der Waals surface area contributed by atoms with Gasteiger partial charge in [-0.1, -0.05) is 24.6 Å². The highest BCUT2D eigenvalue weighted by molar-refractivity contribution is 9.10. The number of fused-ring (bicyclic) bond motifs is 1. The molecule has 1 aromatic heterocycles. The van der Waals surface area contributed by atoms with E-state index in [0.717, 1.165) is 18.9 Å². The molecule has 13 heteroatoms. The molecule has 4 aromatic rings. The van der Waals surface area contributed by atoms with Crippen molar-refractivity contribution >= 4 is 45.1 Å². The van der Waals surface area contributed by atoms with Gasteiger partial charge in [0, 0.05) is 35.6 Å². The maximum atomic E-state index is 15.3. The summed E-state index contributed by atoms with van der Waals surface area (Å²) in [4.78, 5) is 54.7. The van der Waals surface area contributed by atoms with Crippen molar-refractivity contribution in [2.45, 2.75) is 64.3 Å². The van der Waals surface area contributed by atoms with E-state index < -0.39 is 35.2 Å². The average molecular weight is 740 g/mol. The second-order valence-corrected chi connectivity index (χ2v) is 13.4. The topological polar surface area (TPSA) is 126 Å². The summed E-state index contributed by atoms with van der Waals surface area (Å²) in [6, 6.07) is 16.1. The van der Waals surface area contributed by atoms with Crippen molar-refractivity contribution in [3.8, 4) is 17.2 Å². The van der Waals surface area contributed by atoms with Crippen LogP contribution >= 0.6 is 27.5 Å². The number of hydrogen-bond acceptors (Lipinski definition) is 6. The number of halogens is 3. The summed E-state index contributed by atoms with van der Waals surface area (Å²) in [6.45, 7) is 3.60. The largest absolute Gasteiger partial charge is 0.490 e. The summed E-state index contributed by atoms with van der Waals surface area (Å²) in [5.74, 6) is -1.79. The van der Waals surface area contributed by atoms with Gasteiger partial charge in [-0.15, -0.1) is 0 Å². The molecule has 10 nitrogen and oxygen atoms in total. The number of ether oxygens (including phenoxy) is 2. The van der Waals surface area contributed by atoms with Crippen molar-refractivity contribution in [1.82, 2.24) is 14.0 Å². The van der Waals surface area contributed by atoms with Crippen molar-refractivity contribution in [2.75, 3.05) is 6.54 Å². The van der Waals surface area contributed by atoms with E-state index >= 15 is 4.39 Å². The minimum absolute atomic E-state index is 0.00549. The van der Waals surface area contributed by atoms with Crippen LogP contribution in [0.15, 0.2) is 69.9 Å². The molecular weight excluding hydrogens is 707 g/mol. The highest BCUT2D eigenvalue weighted by Crippen LogP contribution is 2.31. The Balaban J connectivity index is 1.33. The van der Waals surface area contributed by atoms with E-state index in [4.69, 9.17) is 26.8 Å². The monoisotopic (exact) mass is 738 g/mol. The first-order valence-corrected chi connectivity index (χ1v) is 16.7. The molecule has 250 valence electrons. The molecule has 0 unspecified atom stereocenters. The van der Waals surface area contributed by atoms with Crippen molar-refractivity contribution in [2.24, 2.45) is 5.73 Å². The van der Waals surface area contributed by atoms with Gasteiger partial charge in [0.2, 0.25) is 0 Å². The number of hydrogen-bond donors (Lipinski definition) is 1. The van der Waals surface area contributed by atoms with Gasteiger partial charge in [-0.3, -0.25) is 23.5 Å². The van der Waals surface area contributed by atoms with Gasteiger partial charge in [0.1, 0.15) is 23.0 Å². The van der Waals surface area contributed by atoms with E-state index in [-0.39, 0.29) is 55.1 Å². The third-order valence-corrected chi connectivity index (χ3v) is 9.76. The molecule has 2 N–H and O–H groups in total. The molecule has 0 bridgehead atoms. The number of imidazole rings is 1. The van der Waals surface area contributed by atoms with E-state index in [2.05, 4.69) is 15.9 Å². The number of nitrogens with zero attached hydrogens (tertiary/aromatic N) is 3. The fourth-order valence-electron chi connectivity index (χ4n) is 5.75. The van der Waals surface area contributed by atoms with E-state index in [1.165, 1.54) is 28.2 Å². The second-order valence-electron chi connectivity index (χ2n) is 12.1. The molecule has 0 saturated heterocycles. The fourth-order valence-corrected chi connectivity index (χ4v) is 6.18. The van der Waals surface area contributed by atoms with E-state index in [9.17, 15) is 19.2 Å².